The molecule has 0 saturated heterocycles. The summed E-state index contributed by atoms with van der Waals surface area (Å²) in [6.07, 6.45) is 0. The smallest absolute Gasteiger partial charge is 0.344 e. The second kappa shape index (κ2) is 6.56. The number of hydrogen-bond acceptors (Lipinski definition) is 5. The first kappa shape index (κ1) is 18.1. The van der Waals surface area contributed by atoms with Gasteiger partial charge in [-0.15, -0.1) is 0 Å². The minimum Gasteiger partial charge on any atom is -0.422 e. The fourth-order valence-corrected chi connectivity index (χ4v) is 3.73. The molecule has 0 amide bonds. The van der Waals surface area contributed by atoms with Crippen LogP contribution in [0.4, 0.5) is 10.1 Å². The lowest BCUT2D eigenvalue weighted by molar-refractivity contribution is -0.128. The van der Waals surface area contributed by atoms with Crippen molar-refractivity contribution < 1.29 is 23.5 Å². The van der Waals surface area contributed by atoms with Gasteiger partial charge < -0.3 is 14.4 Å². The highest BCUT2D eigenvalue weighted by Gasteiger charge is 2.30. The van der Waals surface area contributed by atoms with E-state index in [0.717, 1.165) is 11.3 Å². The maximum Gasteiger partial charge on any atom is 0.344 e. The van der Waals surface area contributed by atoms with Crippen LogP contribution in [-0.2, 0) is 9.59 Å². The number of halogens is 1. The normalized spacial score (nSPS) is 14.4. The molecule has 5 rings (SSSR count). The van der Waals surface area contributed by atoms with Crippen molar-refractivity contribution in [2.75, 3.05) is 19.0 Å². The summed E-state index contributed by atoms with van der Waals surface area (Å²) in [5.41, 5.74) is 2.99. The summed E-state index contributed by atoms with van der Waals surface area (Å²) in [7, 11) is 3.88. The minimum atomic E-state index is -0.525. The van der Waals surface area contributed by atoms with E-state index in [4.69, 9.17) is 9.47 Å². The zero-order valence-electron chi connectivity index (χ0n) is 16.2. The summed E-state index contributed by atoms with van der Waals surface area (Å²) >= 11 is 0. The molecule has 148 valence electrons. The molecule has 2 aliphatic heterocycles. The Labute approximate surface area is 171 Å². The molecule has 0 unspecified atom stereocenters. The second-order valence-electron chi connectivity index (χ2n) is 7.32. The molecular weight excluding hydrogens is 385 g/mol. The summed E-state index contributed by atoms with van der Waals surface area (Å²) in [5.74, 6) is -0.667. The SMILES string of the molecule is CN(C)c1ccc(C2=c3cc4c(cc3OC2=O)=C(c2ccc(F)cc2)C(=O)O4)cc1. The van der Waals surface area contributed by atoms with Crippen LogP contribution in [0.2, 0.25) is 0 Å². The van der Waals surface area contributed by atoms with Gasteiger partial charge in [-0.25, -0.2) is 14.0 Å². The van der Waals surface area contributed by atoms with E-state index >= 15 is 0 Å². The van der Waals surface area contributed by atoms with Gasteiger partial charge in [-0.1, -0.05) is 24.3 Å². The number of benzene rings is 3. The van der Waals surface area contributed by atoms with Gasteiger partial charge in [-0.05, 0) is 47.5 Å². The molecule has 3 aromatic rings. The first-order valence-corrected chi connectivity index (χ1v) is 9.33. The van der Waals surface area contributed by atoms with E-state index in [1.54, 1.807) is 12.1 Å². The lowest BCUT2D eigenvalue weighted by Crippen LogP contribution is -2.11. The second-order valence-corrected chi connectivity index (χ2v) is 7.32. The molecule has 0 spiro atoms. The molecule has 0 atom stereocenters. The van der Waals surface area contributed by atoms with Crippen molar-refractivity contribution in [2.24, 2.45) is 0 Å². The monoisotopic (exact) mass is 401 g/mol. The van der Waals surface area contributed by atoms with Crippen LogP contribution in [0.1, 0.15) is 11.1 Å². The van der Waals surface area contributed by atoms with E-state index in [9.17, 15) is 14.0 Å². The minimum absolute atomic E-state index is 0.313. The van der Waals surface area contributed by atoms with Crippen molar-refractivity contribution in [1.82, 2.24) is 0 Å². The van der Waals surface area contributed by atoms with E-state index < -0.39 is 17.8 Å². The molecule has 2 aliphatic rings. The molecule has 0 aromatic heterocycles. The van der Waals surface area contributed by atoms with Gasteiger partial charge in [0.15, 0.2) is 0 Å². The molecular formula is C24H16FNO4. The summed E-state index contributed by atoms with van der Waals surface area (Å²) in [6.45, 7) is 0. The van der Waals surface area contributed by atoms with Crippen LogP contribution in [-0.4, -0.2) is 26.0 Å². The quantitative estimate of drug-likeness (QED) is 0.497. The molecule has 3 aromatic carbocycles. The van der Waals surface area contributed by atoms with Crippen LogP contribution < -0.4 is 24.8 Å². The summed E-state index contributed by atoms with van der Waals surface area (Å²) in [6, 6.07) is 16.4. The summed E-state index contributed by atoms with van der Waals surface area (Å²) < 4.78 is 24.2. The number of ether oxygens (including phenoxy) is 2. The number of esters is 2. The standard InChI is InChI=1S/C24H16FNO4/c1-26(2)16-9-5-14(6-10-16)22-18-12-19-17(11-20(18)30-24(22)28)21(23(27)29-19)13-3-7-15(25)8-4-13/h3-12H,1-2H3. The average Bonchev–Trinajstić information content (AvgIpc) is 3.21. The maximum absolute atomic E-state index is 13.3. The van der Waals surface area contributed by atoms with E-state index in [2.05, 4.69) is 0 Å². The van der Waals surface area contributed by atoms with Gasteiger partial charge in [0.1, 0.15) is 17.3 Å². The molecule has 30 heavy (non-hydrogen) atoms. The Morgan fingerprint density at radius 1 is 0.700 bits per heavy atom. The maximum atomic E-state index is 13.3. The van der Waals surface area contributed by atoms with Crippen molar-refractivity contribution in [2.45, 2.75) is 0 Å². The molecule has 0 fully saturated rings. The third-order valence-electron chi connectivity index (χ3n) is 5.24. The predicted molar refractivity (Wildman–Crippen MR) is 109 cm³/mol. The van der Waals surface area contributed by atoms with Crippen molar-refractivity contribution >= 4 is 28.8 Å². The van der Waals surface area contributed by atoms with Gasteiger partial charge >= 0.3 is 11.9 Å². The van der Waals surface area contributed by atoms with Crippen molar-refractivity contribution in [1.29, 1.82) is 0 Å². The summed E-state index contributed by atoms with van der Waals surface area (Å²) in [4.78, 5) is 27.1. The highest BCUT2D eigenvalue weighted by molar-refractivity contribution is 6.21. The zero-order valence-corrected chi connectivity index (χ0v) is 16.2. The van der Waals surface area contributed by atoms with Gasteiger partial charge in [0.2, 0.25) is 0 Å². The first-order chi connectivity index (χ1) is 14.4. The lowest BCUT2D eigenvalue weighted by Gasteiger charge is -2.12. The topological polar surface area (TPSA) is 55.8 Å². The largest absolute Gasteiger partial charge is 0.422 e. The molecule has 5 nitrogen and oxygen atoms in total. The number of carbonyl (C=O) groups is 2. The predicted octanol–water partition coefficient (Wildman–Crippen LogP) is 2.13. The van der Waals surface area contributed by atoms with Crippen LogP contribution in [0.25, 0.3) is 11.1 Å². The Hall–Kier alpha value is -3.93. The molecule has 6 heteroatoms. The fourth-order valence-electron chi connectivity index (χ4n) is 3.73. The first-order valence-electron chi connectivity index (χ1n) is 9.33. The Morgan fingerprint density at radius 2 is 1.13 bits per heavy atom. The van der Waals surface area contributed by atoms with Gasteiger partial charge in [0.25, 0.3) is 0 Å². The van der Waals surface area contributed by atoms with Crippen LogP contribution in [0, 0.1) is 5.82 Å². The van der Waals surface area contributed by atoms with E-state index in [-0.39, 0.29) is 0 Å². The third-order valence-corrected chi connectivity index (χ3v) is 5.24. The number of carbonyl (C=O) groups excluding carboxylic acids is 2. The average molecular weight is 401 g/mol. The number of fused-ring (bicyclic) bond motifs is 2. The van der Waals surface area contributed by atoms with Crippen LogP contribution in [0.3, 0.4) is 0 Å². The zero-order chi connectivity index (χ0) is 21.0. The van der Waals surface area contributed by atoms with Crippen molar-refractivity contribution in [3.63, 3.8) is 0 Å². The molecule has 0 N–H and O–H groups in total. The number of rotatable bonds is 3. The molecule has 2 heterocycles. The molecule has 0 bridgehead atoms. The van der Waals surface area contributed by atoms with E-state index in [1.165, 1.54) is 24.3 Å². The van der Waals surface area contributed by atoms with Gasteiger partial charge in [-0.3, -0.25) is 0 Å². The number of anilines is 1. The number of hydrogen-bond donors (Lipinski definition) is 0. The third kappa shape index (κ3) is 2.76. The van der Waals surface area contributed by atoms with Crippen LogP contribution in [0.5, 0.6) is 11.5 Å². The highest BCUT2D eigenvalue weighted by atomic mass is 19.1. The van der Waals surface area contributed by atoms with E-state index in [0.29, 0.717) is 38.6 Å². The Balaban J connectivity index is 1.71. The highest BCUT2D eigenvalue weighted by Crippen LogP contribution is 2.27. The lowest BCUT2D eigenvalue weighted by atomic mass is 10.0. The Morgan fingerprint density at radius 3 is 1.57 bits per heavy atom. The van der Waals surface area contributed by atoms with Crippen molar-refractivity contribution in [3.8, 4) is 11.5 Å². The number of nitrogens with zero attached hydrogens (tertiary/aromatic N) is 1. The van der Waals surface area contributed by atoms with Gasteiger partial charge in [-0.2, -0.15) is 0 Å². The van der Waals surface area contributed by atoms with Gasteiger partial charge in [0, 0.05) is 30.2 Å². The van der Waals surface area contributed by atoms with Crippen LogP contribution >= 0.6 is 0 Å². The Kier molecular flexibility index (Phi) is 3.96. The van der Waals surface area contributed by atoms with Gasteiger partial charge in [0.05, 0.1) is 11.1 Å². The Bertz CT molecular complexity index is 1340. The van der Waals surface area contributed by atoms with Crippen molar-refractivity contribution in [3.05, 3.63) is 88.0 Å². The molecule has 0 radical (unpaired) electrons. The summed E-state index contributed by atoms with van der Waals surface area (Å²) in [5, 5.41) is 1.09. The fraction of sp³-hybridized carbons (Fsp3) is 0.0833. The molecule has 0 aliphatic carbocycles. The van der Waals surface area contributed by atoms with Crippen LogP contribution in [0.15, 0.2) is 60.7 Å². The molecule has 0 saturated carbocycles. The van der Waals surface area contributed by atoms with E-state index in [1.807, 2.05) is 43.3 Å².